The molecule has 2 unspecified atom stereocenters. The van der Waals surface area contributed by atoms with Crippen molar-refractivity contribution in [1.82, 2.24) is 0 Å². The van der Waals surface area contributed by atoms with Crippen LogP contribution < -0.4 is 10.1 Å². The fraction of sp³-hybridized carbons (Fsp3) is 0.300. The van der Waals surface area contributed by atoms with Gasteiger partial charge in [0.15, 0.2) is 0 Å². The molecule has 27 heavy (non-hydrogen) atoms. The standard InChI is InChI=1S/C20H19F2NO4/c21-12-3-8-18(22)16(10-12)15-11-17(15)20(26)23-13-4-6-14(7-5-13)27-9-1-2-19(24)25/h3-8,10,15,17H,1-2,9,11H2,(H,23,26)(H,24,25). The average molecular weight is 375 g/mol. The third kappa shape index (κ3) is 5.03. The molecule has 142 valence electrons. The molecule has 0 bridgehead atoms. The van der Waals surface area contributed by atoms with Crippen LogP contribution in [0.3, 0.4) is 0 Å². The molecule has 1 saturated carbocycles. The van der Waals surface area contributed by atoms with Crippen molar-refractivity contribution in [3.63, 3.8) is 0 Å². The fourth-order valence-electron chi connectivity index (χ4n) is 2.91. The first-order valence-electron chi connectivity index (χ1n) is 8.64. The van der Waals surface area contributed by atoms with Crippen LogP contribution in [0.4, 0.5) is 14.5 Å². The van der Waals surface area contributed by atoms with Crippen molar-refractivity contribution in [2.75, 3.05) is 11.9 Å². The molecule has 0 heterocycles. The van der Waals surface area contributed by atoms with Gasteiger partial charge in [0.2, 0.25) is 5.91 Å². The molecule has 1 aliphatic rings. The molecule has 1 fully saturated rings. The minimum absolute atomic E-state index is 0.0443. The first-order valence-corrected chi connectivity index (χ1v) is 8.64. The van der Waals surface area contributed by atoms with Crippen LogP contribution in [0.2, 0.25) is 0 Å². The minimum Gasteiger partial charge on any atom is -0.494 e. The highest BCUT2D eigenvalue weighted by Gasteiger charge is 2.45. The van der Waals surface area contributed by atoms with E-state index in [1.807, 2.05) is 0 Å². The van der Waals surface area contributed by atoms with E-state index in [-0.39, 0.29) is 29.7 Å². The first-order chi connectivity index (χ1) is 12.9. The second-order valence-electron chi connectivity index (χ2n) is 6.47. The number of ether oxygens (including phenoxy) is 1. The van der Waals surface area contributed by atoms with Gasteiger partial charge in [0.05, 0.1) is 6.61 Å². The SMILES string of the molecule is O=C(O)CCCOc1ccc(NC(=O)C2CC2c2cc(F)ccc2F)cc1. The average Bonchev–Trinajstić information content (AvgIpc) is 3.43. The van der Waals surface area contributed by atoms with E-state index in [1.54, 1.807) is 24.3 Å². The van der Waals surface area contributed by atoms with Gasteiger partial charge in [-0.15, -0.1) is 0 Å². The predicted molar refractivity (Wildman–Crippen MR) is 94.6 cm³/mol. The number of rotatable bonds is 8. The van der Waals surface area contributed by atoms with Gasteiger partial charge in [0, 0.05) is 18.0 Å². The zero-order valence-electron chi connectivity index (χ0n) is 14.5. The second-order valence-corrected chi connectivity index (χ2v) is 6.47. The number of carbonyl (C=O) groups is 2. The highest BCUT2D eigenvalue weighted by Crippen LogP contribution is 2.49. The zero-order chi connectivity index (χ0) is 19.4. The van der Waals surface area contributed by atoms with Crippen LogP contribution in [0.15, 0.2) is 42.5 Å². The number of anilines is 1. The maximum atomic E-state index is 13.8. The Bertz CT molecular complexity index is 838. The maximum absolute atomic E-state index is 13.8. The predicted octanol–water partition coefficient (Wildman–Crippen LogP) is 3.95. The number of hydrogen-bond donors (Lipinski definition) is 2. The van der Waals surface area contributed by atoms with E-state index in [4.69, 9.17) is 9.84 Å². The molecule has 7 heteroatoms. The molecule has 0 aliphatic heterocycles. The molecule has 2 aromatic rings. The third-order valence-corrected chi connectivity index (χ3v) is 4.41. The molecular formula is C20H19F2NO4. The van der Waals surface area contributed by atoms with Crippen molar-refractivity contribution in [2.45, 2.75) is 25.2 Å². The van der Waals surface area contributed by atoms with Crippen molar-refractivity contribution in [3.8, 4) is 5.75 Å². The van der Waals surface area contributed by atoms with Gasteiger partial charge < -0.3 is 15.2 Å². The highest BCUT2D eigenvalue weighted by atomic mass is 19.1. The van der Waals surface area contributed by atoms with E-state index >= 15 is 0 Å². The Morgan fingerprint density at radius 2 is 1.89 bits per heavy atom. The van der Waals surface area contributed by atoms with Crippen molar-refractivity contribution in [2.24, 2.45) is 5.92 Å². The molecule has 0 spiro atoms. The van der Waals surface area contributed by atoms with E-state index in [2.05, 4.69) is 5.32 Å². The van der Waals surface area contributed by atoms with E-state index in [0.717, 1.165) is 18.2 Å². The molecule has 3 rings (SSSR count). The summed E-state index contributed by atoms with van der Waals surface area (Å²) in [4.78, 5) is 22.7. The Labute approximate surface area is 155 Å². The zero-order valence-corrected chi connectivity index (χ0v) is 14.5. The van der Waals surface area contributed by atoms with E-state index < -0.39 is 17.6 Å². The quantitative estimate of drug-likeness (QED) is 0.685. The Kier molecular flexibility index (Phi) is 5.69. The largest absolute Gasteiger partial charge is 0.494 e. The van der Waals surface area contributed by atoms with Crippen molar-refractivity contribution in [1.29, 1.82) is 0 Å². The van der Waals surface area contributed by atoms with E-state index in [1.165, 1.54) is 0 Å². The summed E-state index contributed by atoms with van der Waals surface area (Å²) in [6.07, 6.45) is 0.938. The molecule has 1 aliphatic carbocycles. The van der Waals surface area contributed by atoms with E-state index in [9.17, 15) is 18.4 Å². The van der Waals surface area contributed by atoms with Gasteiger partial charge in [0.1, 0.15) is 17.4 Å². The van der Waals surface area contributed by atoms with E-state index in [0.29, 0.717) is 30.9 Å². The first kappa shape index (κ1) is 18.8. The summed E-state index contributed by atoms with van der Waals surface area (Å²) in [6, 6.07) is 9.97. The van der Waals surface area contributed by atoms with Gasteiger partial charge >= 0.3 is 5.97 Å². The summed E-state index contributed by atoms with van der Waals surface area (Å²) in [5, 5.41) is 11.3. The van der Waals surface area contributed by atoms with Crippen LogP contribution >= 0.6 is 0 Å². The van der Waals surface area contributed by atoms with Crippen LogP contribution in [-0.4, -0.2) is 23.6 Å². The topological polar surface area (TPSA) is 75.6 Å². The highest BCUT2D eigenvalue weighted by molar-refractivity contribution is 5.95. The number of halogens is 2. The smallest absolute Gasteiger partial charge is 0.303 e. The van der Waals surface area contributed by atoms with Crippen LogP contribution in [0.25, 0.3) is 0 Å². The van der Waals surface area contributed by atoms with Crippen LogP contribution in [0.1, 0.15) is 30.7 Å². The second kappa shape index (κ2) is 8.16. The summed E-state index contributed by atoms with van der Waals surface area (Å²) in [7, 11) is 0. The van der Waals surface area contributed by atoms with Gasteiger partial charge in [-0.3, -0.25) is 9.59 Å². The summed E-state index contributed by atoms with van der Waals surface area (Å²) < 4.78 is 32.5. The number of carboxylic acid groups (broad SMARTS) is 1. The lowest BCUT2D eigenvalue weighted by Gasteiger charge is -2.08. The monoisotopic (exact) mass is 375 g/mol. The van der Waals surface area contributed by atoms with Crippen LogP contribution in [0, 0.1) is 17.6 Å². The Morgan fingerprint density at radius 1 is 1.15 bits per heavy atom. The maximum Gasteiger partial charge on any atom is 0.303 e. The molecule has 2 atom stereocenters. The number of benzene rings is 2. The summed E-state index contributed by atoms with van der Waals surface area (Å²) in [5.41, 5.74) is 0.809. The Morgan fingerprint density at radius 3 is 2.59 bits per heavy atom. The molecule has 5 nitrogen and oxygen atoms in total. The number of nitrogens with one attached hydrogen (secondary N) is 1. The number of aliphatic carboxylic acids is 1. The number of carboxylic acids is 1. The number of amides is 1. The van der Waals surface area contributed by atoms with Crippen molar-refractivity contribution >= 4 is 17.6 Å². The van der Waals surface area contributed by atoms with Crippen molar-refractivity contribution < 1.29 is 28.2 Å². The Hall–Kier alpha value is -2.96. The normalized spacial score (nSPS) is 18.0. The molecule has 2 N–H and O–H groups in total. The van der Waals surface area contributed by atoms with Crippen LogP contribution in [0.5, 0.6) is 5.75 Å². The Balaban J connectivity index is 1.50. The minimum atomic E-state index is -0.867. The molecule has 1 amide bonds. The molecule has 2 aromatic carbocycles. The number of carbonyl (C=O) groups excluding carboxylic acids is 1. The van der Waals surface area contributed by atoms with Gasteiger partial charge in [-0.25, -0.2) is 8.78 Å². The van der Waals surface area contributed by atoms with Crippen LogP contribution in [-0.2, 0) is 9.59 Å². The van der Waals surface area contributed by atoms with Gasteiger partial charge in [0.25, 0.3) is 0 Å². The summed E-state index contributed by atoms with van der Waals surface area (Å²) in [5.74, 6) is -2.24. The van der Waals surface area contributed by atoms with Crippen molar-refractivity contribution in [3.05, 3.63) is 59.7 Å². The lowest BCUT2D eigenvalue weighted by atomic mass is 10.1. The molecule has 0 aromatic heterocycles. The fourth-order valence-corrected chi connectivity index (χ4v) is 2.91. The number of hydrogen-bond acceptors (Lipinski definition) is 3. The summed E-state index contributed by atoms with van der Waals surface area (Å²) in [6.45, 7) is 0.293. The summed E-state index contributed by atoms with van der Waals surface area (Å²) >= 11 is 0. The molecule has 0 radical (unpaired) electrons. The molecular weight excluding hydrogens is 356 g/mol. The lowest BCUT2D eigenvalue weighted by Crippen LogP contribution is -2.14. The van der Waals surface area contributed by atoms with Gasteiger partial charge in [-0.1, -0.05) is 0 Å². The lowest BCUT2D eigenvalue weighted by molar-refractivity contribution is -0.137. The third-order valence-electron chi connectivity index (χ3n) is 4.41. The van der Waals surface area contributed by atoms with Gasteiger partial charge in [-0.2, -0.15) is 0 Å². The van der Waals surface area contributed by atoms with Gasteiger partial charge in [-0.05, 0) is 66.8 Å². The molecule has 0 saturated heterocycles.